The zero-order valence-corrected chi connectivity index (χ0v) is 17.9. The SMILES string of the molecule is COc1ccc(C2C3CCCCC3(O)CCN2Cc2ccc(C)cc2)cc1OC. The van der Waals surface area contributed by atoms with Crippen LogP contribution in [0.3, 0.4) is 0 Å². The number of nitrogens with zero attached hydrogens (tertiary/aromatic N) is 1. The fourth-order valence-electron chi connectivity index (χ4n) is 5.33. The van der Waals surface area contributed by atoms with E-state index in [2.05, 4.69) is 48.2 Å². The number of benzene rings is 2. The molecule has 2 fully saturated rings. The number of aryl methyl sites for hydroxylation is 1. The van der Waals surface area contributed by atoms with Crippen molar-refractivity contribution >= 4 is 0 Å². The molecule has 2 aromatic rings. The number of rotatable bonds is 5. The standard InChI is InChI=1S/C25H33NO3/c1-18-7-9-19(10-8-18)17-26-15-14-25(27)13-5-4-6-21(25)24(26)20-11-12-22(28-2)23(16-20)29-3/h7-12,16,21,24,27H,4-6,13-15,17H2,1-3H3. The van der Waals surface area contributed by atoms with Gasteiger partial charge in [0.25, 0.3) is 0 Å². The van der Waals surface area contributed by atoms with Crippen molar-refractivity contribution in [3.63, 3.8) is 0 Å². The zero-order chi connectivity index (χ0) is 20.4. The lowest BCUT2D eigenvalue weighted by atomic mass is 9.66. The summed E-state index contributed by atoms with van der Waals surface area (Å²) in [5.74, 6) is 1.75. The van der Waals surface area contributed by atoms with Gasteiger partial charge in [0.1, 0.15) is 0 Å². The highest BCUT2D eigenvalue weighted by Crippen LogP contribution is 2.50. The Morgan fingerprint density at radius 3 is 2.48 bits per heavy atom. The third-order valence-electron chi connectivity index (χ3n) is 6.93. The van der Waals surface area contributed by atoms with Gasteiger partial charge in [-0.05, 0) is 49.4 Å². The van der Waals surface area contributed by atoms with Gasteiger partial charge in [0.15, 0.2) is 11.5 Å². The van der Waals surface area contributed by atoms with Crippen molar-refractivity contribution in [2.24, 2.45) is 5.92 Å². The molecule has 4 nitrogen and oxygen atoms in total. The van der Waals surface area contributed by atoms with E-state index < -0.39 is 5.60 Å². The van der Waals surface area contributed by atoms with Crippen LogP contribution in [-0.4, -0.2) is 36.4 Å². The number of hydrogen-bond donors (Lipinski definition) is 1. The Labute approximate surface area is 174 Å². The van der Waals surface area contributed by atoms with Crippen LogP contribution in [0.25, 0.3) is 0 Å². The minimum Gasteiger partial charge on any atom is -0.493 e. The van der Waals surface area contributed by atoms with Crippen LogP contribution in [0.15, 0.2) is 42.5 Å². The van der Waals surface area contributed by atoms with Gasteiger partial charge in [-0.1, -0.05) is 48.7 Å². The van der Waals surface area contributed by atoms with E-state index in [9.17, 15) is 5.11 Å². The Bertz CT molecular complexity index is 834. The lowest BCUT2D eigenvalue weighted by Crippen LogP contribution is -2.54. The maximum absolute atomic E-state index is 11.5. The average Bonchev–Trinajstić information content (AvgIpc) is 2.74. The maximum atomic E-state index is 11.5. The van der Waals surface area contributed by atoms with E-state index in [0.717, 1.165) is 50.3 Å². The summed E-state index contributed by atoms with van der Waals surface area (Å²) in [6.07, 6.45) is 5.16. The topological polar surface area (TPSA) is 41.9 Å². The van der Waals surface area contributed by atoms with Gasteiger partial charge >= 0.3 is 0 Å². The van der Waals surface area contributed by atoms with Crippen LogP contribution >= 0.6 is 0 Å². The lowest BCUT2D eigenvalue weighted by molar-refractivity contribution is -0.126. The molecule has 1 aliphatic heterocycles. The van der Waals surface area contributed by atoms with Crippen molar-refractivity contribution in [3.8, 4) is 11.5 Å². The molecule has 0 amide bonds. The first kappa shape index (κ1) is 20.2. The Kier molecular flexibility index (Phi) is 5.84. The molecule has 3 atom stereocenters. The summed E-state index contributed by atoms with van der Waals surface area (Å²) in [4.78, 5) is 2.55. The highest BCUT2D eigenvalue weighted by Gasteiger charge is 2.48. The number of methoxy groups -OCH3 is 2. The molecule has 1 saturated heterocycles. The number of piperidine rings is 1. The molecule has 2 aliphatic rings. The first-order chi connectivity index (χ1) is 14.0. The van der Waals surface area contributed by atoms with Crippen LogP contribution in [0.4, 0.5) is 0 Å². The van der Waals surface area contributed by atoms with Crippen LogP contribution in [0.2, 0.25) is 0 Å². The summed E-state index contributed by atoms with van der Waals surface area (Å²) >= 11 is 0. The van der Waals surface area contributed by atoms with E-state index in [4.69, 9.17) is 9.47 Å². The van der Waals surface area contributed by atoms with Crippen LogP contribution in [-0.2, 0) is 6.54 Å². The fraction of sp³-hybridized carbons (Fsp3) is 0.520. The molecule has 1 N–H and O–H groups in total. The smallest absolute Gasteiger partial charge is 0.161 e. The van der Waals surface area contributed by atoms with Gasteiger partial charge in [0.2, 0.25) is 0 Å². The predicted molar refractivity (Wildman–Crippen MR) is 115 cm³/mol. The second-order valence-corrected chi connectivity index (χ2v) is 8.72. The molecule has 0 bridgehead atoms. The Hall–Kier alpha value is -2.04. The molecular formula is C25H33NO3. The number of likely N-dealkylation sites (tertiary alicyclic amines) is 1. The molecule has 1 heterocycles. The number of ether oxygens (including phenoxy) is 2. The molecule has 29 heavy (non-hydrogen) atoms. The number of aliphatic hydroxyl groups is 1. The molecule has 1 saturated carbocycles. The molecule has 0 aromatic heterocycles. The van der Waals surface area contributed by atoms with Crippen molar-refractivity contribution < 1.29 is 14.6 Å². The minimum absolute atomic E-state index is 0.176. The third-order valence-corrected chi connectivity index (χ3v) is 6.93. The highest BCUT2D eigenvalue weighted by atomic mass is 16.5. The van der Waals surface area contributed by atoms with Crippen LogP contribution in [0, 0.1) is 12.8 Å². The molecule has 4 heteroatoms. The van der Waals surface area contributed by atoms with E-state index in [-0.39, 0.29) is 12.0 Å². The predicted octanol–water partition coefficient (Wildman–Crippen LogP) is 4.88. The minimum atomic E-state index is -0.556. The van der Waals surface area contributed by atoms with Crippen molar-refractivity contribution in [1.29, 1.82) is 0 Å². The zero-order valence-electron chi connectivity index (χ0n) is 17.9. The van der Waals surface area contributed by atoms with Crippen LogP contribution < -0.4 is 9.47 Å². The van der Waals surface area contributed by atoms with Crippen molar-refractivity contribution in [1.82, 2.24) is 4.90 Å². The first-order valence-electron chi connectivity index (χ1n) is 10.8. The van der Waals surface area contributed by atoms with Crippen LogP contribution in [0.1, 0.15) is 54.8 Å². The fourth-order valence-corrected chi connectivity index (χ4v) is 5.33. The molecule has 4 rings (SSSR count). The largest absolute Gasteiger partial charge is 0.493 e. The van der Waals surface area contributed by atoms with Gasteiger partial charge in [-0.2, -0.15) is 0 Å². The Morgan fingerprint density at radius 2 is 1.76 bits per heavy atom. The van der Waals surface area contributed by atoms with Gasteiger partial charge in [-0.3, -0.25) is 4.90 Å². The molecule has 0 spiro atoms. The molecule has 1 aliphatic carbocycles. The van der Waals surface area contributed by atoms with Crippen molar-refractivity contribution in [2.75, 3.05) is 20.8 Å². The van der Waals surface area contributed by atoms with E-state index in [1.807, 2.05) is 6.07 Å². The third kappa shape index (κ3) is 4.01. The summed E-state index contributed by atoms with van der Waals surface area (Å²) in [6.45, 7) is 3.92. The Balaban J connectivity index is 1.71. The monoisotopic (exact) mass is 395 g/mol. The normalized spacial score (nSPS) is 27.3. The molecule has 3 unspecified atom stereocenters. The second-order valence-electron chi connectivity index (χ2n) is 8.72. The van der Waals surface area contributed by atoms with E-state index in [0.29, 0.717) is 0 Å². The summed E-state index contributed by atoms with van der Waals surface area (Å²) in [7, 11) is 3.35. The quantitative estimate of drug-likeness (QED) is 0.783. The van der Waals surface area contributed by atoms with E-state index >= 15 is 0 Å². The molecular weight excluding hydrogens is 362 g/mol. The number of fused-ring (bicyclic) bond motifs is 1. The van der Waals surface area contributed by atoms with E-state index in [1.54, 1.807) is 14.2 Å². The van der Waals surface area contributed by atoms with Gasteiger partial charge in [0.05, 0.1) is 19.8 Å². The second kappa shape index (κ2) is 8.37. The summed E-state index contributed by atoms with van der Waals surface area (Å²) in [6, 6.07) is 15.2. The highest BCUT2D eigenvalue weighted by molar-refractivity contribution is 5.44. The molecule has 0 radical (unpaired) electrons. The van der Waals surface area contributed by atoms with Gasteiger partial charge in [0, 0.05) is 25.0 Å². The molecule has 156 valence electrons. The summed E-state index contributed by atoms with van der Waals surface area (Å²) in [5, 5.41) is 11.5. The van der Waals surface area contributed by atoms with Gasteiger partial charge in [-0.15, -0.1) is 0 Å². The number of hydrogen-bond acceptors (Lipinski definition) is 4. The maximum Gasteiger partial charge on any atom is 0.161 e. The summed E-state index contributed by atoms with van der Waals surface area (Å²) < 4.78 is 11.0. The van der Waals surface area contributed by atoms with Crippen LogP contribution in [0.5, 0.6) is 11.5 Å². The summed E-state index contributed by atoms with van der Waals surface area (Å²) in [5.41, 5.74) is 3.26. The first-order valence-corrected chi connectivity index (χ1v) is 10.8. The van der Waals surface area contributed by atoms with Crippen molar-refractivity contribution in [2.45, 2.75) is 57.2 Å². The Morgan fingerprint density at radius 1 is 1.00 bits per heavy atom. The lowest BCUT2D eigenvalue weighted by Gasteiger charge is -2.53. The van der Waals surface area contributed by atoms with Gasteiger partial charge in [-0.25, -0.2) is 0 Å². The van der Waals surface area contributed by atoms with Crippen molar-refractivity contribution in [3.05, 3.63) is 59.2 Å². The average molecular weight is 396 g/mol. The van der Waals surface area contributed by atoms with E-state index in [1.165, 1.54) is 23.1 Å². The molecule has 2 aromatic carbocycles. The van der Waals surface area contributed by atoms with Gasteiger partial charge < -0.3 is 14.6 Å².